The largest absolute Gasteiger partial charge is 0.503 e. The van der Waals surface area contributed by atoms with Crippen molar-refractivity contribution >= 4 is 23.6 Å². The number of hydrogen-bond acceptors (Lipinski definition) is 4. The van der Waals surface area contributed by atoms with E-state index in [2.05, 4.69) is 5.32 Å². The van der Waals surface area contributed by atoms with Gasteiger partial charge in [-0.05, 0) is 43.2 Å². The second kappa shape index (κ2) is 8.93. The van der Waals surface area contributed by atoms with Crippen LogP contribution in [0.3, 0.4) is 0 Å². The van der Waals surface area contributed by atoms with E-state index in [1.165, 1.54) is 18.2 Å². The topological polar surface area (TPSA) is 82.3 Å². The molecule has 134 valence electrons. The van der Waals surface area contributed by atoms with Gasteiger partial charge in [-0.3, -0.25) is 4.79 Å². The smallest absolute Gasteiger partial charge is 0.262 e. The predicted octanol–water partition coefficient (Wildman–Crippen LogP) is 4.23. The number of nitriles is 1. The van der Waals surface area contributed by atoms with Gasteiger partial charge in [-0.25, -0.2) is 0 Å². The lowest BCUT2D eigenvalue weighted by Gasteiger charge is -2.14. The summed E-state index contributed by atoms with van der Waals surface area (Å²) in [7, 11) is 0. The van der Waals surface area contributed by atoms with Gasteiger partial charge in [0.1, 0.15) is 11.6 Å². The number of rotatable bonds is 6. The van der Waals surface area contributed by atoms with E-state index in [1.807, 2.05) is 43.3 Å². The van der Waals surface area contributed by atoms with E-state index in [9.17, 15) is 15.2 Å². The zero-order valence-electron chi connectivity index (χ0n) is 14.5. The lowest BCUT2D eigenvalue weighted by molar-refractivity contribution is -0.117. The molecule has 0 fully saturated rings. The number of aromatic hydroxyl groups is 1. The Kier molecular flexibility index (Phi) is 6.65. The van der Waals surface area contributed by atoms with Crippen molar-refractivity contribution in [3.05, 3.63) is 64.2 Å². The number of halogens is 1. The van der Waals surface area contributed by atoms with Crippen LogP contribution in [0.15, 0.2) is 48.0 Å². The van der Waals surface area contributed by atoms with Gasteiger partial charge in [-0.1, -0.05) is 41.9 Å². The summed E-state index contributed by atoms with van der Waals surface area (Å²) in [5, 5.41) is 22.1. The average Bonchev–Trinajstić information content (AvgIpc) is 2.64. The van der Waals surface area contributed by atoms with Crippen molar-refractivity contribution < 1.29 is 14.6 Å². The minimum absolute atomic E-state index is 0.0722. The van der Waals surface area contributed by atoms with Crippen LogP contribution in [-0.4, -0.2) is 17.6 Å². The molecular formula is C20H19ClN2O3. The molecule has 1 amide bonds. The quantitative estimate of drug-likeness (QED) is 0.589. The van der Waals surface area contributed by atoms with Crippen LogP contribution in [0, 0.1) is 11.3 Å². The Morgan fingerprint density at radius 3 is 2.69 bits per heavy atom. The van der Waals surface area contributed by atoms with Crippen molar-refractivity contribution in [2.75, 3.05) is 6.61 Å². The van der Waals surface area contributed by atoms with E-state index < -0.39 is 5.91 Å². The zero-order valence-corrected chi connectivity index (χ0v) is 15.2. The van der Waals surface area contributed by atoms with Crippen LogP contribution in [0.4, 0.5) is 0 Å². The molecule has 0 aliphatic heterocycles. The molecule has 0 unspecified atom stereocenters. The van der Waals surface area contributed by atoms with Gasteiger partial charge in [0.15, 0.2) is 11.5 Å². The first-order chi connectivity index (χ1) is 12.5. The molecule has 2 rings (SSSR count). The summed E-state index contributed by atoms with van der Waals surface area (Å²) in [4.78, 5) is 12.4. The number of nitrogens with one attached hydrogen (secondary N) is 1. The number of ether oxygens (including phenoxy) is 1. The van der Waals surface area contributed by atoms with E-state index >= 15 is 0 Å². The summed E-state index contributed by atoms with van der Waals surface area (Å²) in [6, 6.07) is 14.1. The van der Waals surface area contributed by atoms with Crippen molar-refractivity contribution in [3.63, 3.8) is 0 Å². The van der Waals surface area contributed by atoms with Crippen molar-refractivity contribution in [3.8, 4) is 17.6 Å². The molecule has 0 heterocycles. The van der Waals surface area contributed by atoms with Crippen molar-refractivity contribution in [1.82, 2.24) is 5.32 Å². The molecule has 0 radical (unpaired) electrons. The Morgan fingerprint density at radius 1 is 1.38 bits per heavy atom. The van der Waals surface area contributed by atoms with Crippen molar-refractivity contribution in [2.45, 2.75) is 19.9 Å². The number of carbonyl (C=O) groups is 1. The first-order valence-corrected chi connectivity index (χ1v) is 8.47. The van der Waals surface area contributed by atoms with Crippen LogP contribution in [0.5, 0.6) is 11.5 Å². The number of benzene rings is 2. The van der Waals surface area contributed by atoms with Crippen LogP contribution in [0.25, 0.3) is 6.08 Å². The minimum Gasteiger partial charge on any atom is -0.503 e. The highest BCUT2D eigenvalue weighted by Crippen LogP contribution is 2.35. The highest BCUT2D eigenvalue weighted by Gasteiger charge is 2.15. The fourth-order valence-corrected chi connectivity index (χ4v) is 2.58. The van der Waals surface area contributed by atoms with E-state index in [0.717, 1.165) is 5.56 Å². The summed E-state index contributed by atoms with van der Waals surface area (Å²) >= 11 is 5.98. The number of amides is 1. The number of hydrogen-bond donors (Lipinski definition) is 2. The van der Waals surface area contributed by atoms with Gasteiger partial charge in [-0.15, -0.1) is 0 Å². The third kappa shape index (κ3) is 4.78. The Morgan fingerprint density at radius 2 is 2.08 bits per heavy atom. The molecule has 26 heavy (non-hydrogen) atoms. The molecule has 2 aromatic rings. The standard InChI is InChI=1S/C20H19ClN2O3/c1-3-26-18-11-14(10-17(21)19(18)24)9-16(12-22)20(25)23-13(2)15-7-5-4-6-8-15/h4-11,13,24H,3H2,1-2H3,(H,23,25)/b16-9+/t13-/m0/s1. The Labute approximate surface area is 157 Å². The summed E-state index contributed by atoms with van der Waals surface area (Å²) in [6.45, 7) is 3.96. The Bertz CT molecular complexity index is 857. The molecule has 1 atom stereocenters. The second-order valence-corrected chi connectivity index (χ2v) is 5.97. The number of carbonyl (C=O) groups excluding carboxylic acids is 1. The lowest BCUT2D eigenvalue weighted by atomic mass is 10.1. The first-order valence-electron chi connectivity index (χ1n) is 8.09. The summed E-state index contributed by atoms with van der Waals surface area (Å²) in [5.74, 6) is -0.473. The molecule has 0 aliphatic rings. The Hall–Kier alpha value is -2.97. The molecule has 0 aliphatic carbocycles. The van der Waals surface area contributed by atoms with Gasteiger partial charge in [0, 0.05) is 0 Å². The first kappa shape index (κ1) is 19.4. The Balaban J connectivity index is 2.24. The van der Waals surface area contributed by atoms with Crippen molar-refractivity contribution in [2.24, 2.45) is 0 Å². The molecular weight excluding hydrogens is 352 g/mol. The molecule has 0 spiro atoms. The van der Waals surface area contributed by atoms with E-state index in [4.69, 9.17) is 16.3 Å². The summed E-state index contributed by atoms with van der Waals surface area (Å²) < 4.78 is 5.31. The van der Waals surface area contributed by atoms with Crippen LogP contribution < -0.4 is 10.1 Å². The molecule has 6 heteroatoms. The van der Waals surface area contributed by atoms with Crippen LogP contribution in [0.2, 0.25) is 5.02 Å². The van der Waals surface area contributed by atoms with Gasteiger partial charge in [0.2, 0.25) is 0 Å². The highest BCUT2D eigenvalue weighted by atomic mass is 35.5. The maximum atomic E-state index is 12.4. The molecule has 0 aromatic heterocycles. The normalized spacial score (nSPS) is 12.2. The second-order valence-electron chi connectivity index (χ2n) is 5.56. The van der Waals surface area contributed by atoms with Gasteiger partial charge in [0.25, 0.3) is 5.91 Å². The van der Waals surface area contributed by atoms with E-state index in [-0.39, 0.29) is 28.1 Å². The fourth-order valence-electron chi connectivity index (χ4n) is 2.36. The SMILES string of the molecule is CCOc1cc(/C=C(\C#N)C(=O)N[C@@H](C)c2ccccc2)cc(Cl)c1O. The molecule has 2 aromatic carbocycles. The maximum Gasteiger partial charge on any atom is 0.262 e. The van der Waals surface area contributed by atoms with Gasteiger partial charge in [0.05, 0.1) is 17.7 Å². The molecule has 2 N–H and O–H groups in total. The number of phenols is 1. The predicted molar refractivity (Wildman–Crippen MR) is 101 cm³/mol. The monoisotopic (exact) mass is 370 g/mol. The van der Waals surface area contributed by atoms with Crippen LogP contribution in [0.1, 0.15) is 31.0 Å². The summed E-state index contributed by atoms with van der Waals surface area (Å²) in [6.07, 6.45) is 1.40. The maximum absolute atomic E-state index is 12.4. The molecule has 5 nitrogen and oxygen atoms in total. The van der Waals surface area contributed by atoms with E-state index in [1.54, 1.807) is 6.92 Å². The van der Waals surface area contributed by atoms with Crippen LogP contribution in [-0.2, 0) is 4.79 Å². The van der Waals surface area contributed by atoms with E-state index in [0.29, 0.717) is 12.2 Å². The molecule has 0 bridgehead atoms. The highest BCUT2D eigenvalue weighted by molar-refractivity contribution is 6.32. The number of nitrogens with zero attached hydrogens (tertiary/aromatic N) is 1. The lowest BCUT2D eigenvalue weighted by Crippen LogP contribution is -2.27. The zero-order chi connectivity index (χ0) is 19.1. The average molecular weight is 371 g/mol. The van der Waals surface area contributed by atoms with Crippen LogP contribution >= 0.6 is 11.6 Å². The minimum atomic E-state index is -0.494. The van der Waals surface area contributed by atoms with Gasteiger partial charge < -0.3 is 15.2 Å². The number of phenolic OH excluding ortho intramolecular Hbond substituents is 1. The van der Waals surface area contributed by atoms with Gasteiger partial charge >= 0.3 is 0 Å². The van der Waals surface area contributed by atoms with Gasteiger partial charge in [-0.2, -0.15) is 5.26 Å². The molecule has 0 saturated heterocycles. The third-order valence-corrected chi connectivity index (χ3v) is 3.96. The van der Waals surface area contributed by atoms with Crippen molar-refractivity contribution in [1.29, 1.82) is 5.26 Å². The summed E-state index contributed by atoms with van der Waals surface area (Å²) in [5.41, 5.74) is 1.34. The molecule has 0 saturated carbocycles. The third-order valence-electron chi connectivity index (χ3n) is 3.67. The fraction of sp³-hybridized carbons (Fsp3) is 0.200.